The molecule has 0 bridgehead atoms. The molecule has 4 saturated heterocycles. The number of ether oxygens (including phenoxy) is 7. The lowest BCUT2D eigenvalue weighted by atomic mass is 9.86. The fourth-order valence-corrected chi connectivity index (χ4v) is 10.2. The van der Waals surface area contributed by atoms with Gasteiger partial charge in [0.1, 0.15) is 90.9 Å². The van der Waals surface area contributed by atoms with Gasteiger partial charge in [-0.25, -0.2) is 19.2 Å². The summed E-state index contributed by atoms with van der Waals surface area (Å²) in [4.78, 5) is 105. The van der Waals surface area contributed by atoms with Crippen LogP contribution in [0.2, 0.25) is 0 Å². The molecule has 2 aliphatic carbocycles. The molecule has 6 heterocycles. The van der Waals surface area contributed by atoms with Gasteiger partial charge in [-0.05, 0) is 25.7 Å². The minimum absolute atomic E-state index is 0.00893. The molecule has 4 aliphatic heterocycles. The molecule has 0 amide bonds. The number of aliphatic carboxylic acids is 2. The molecule has 4 fully saturated rings. The number of aliphatic hydroxyl groups is 8. The smallest absolute Gasteiger partial charge is 0.331 e. The Kier molecular flexibility index (Phi) is 20.0. The van der Waals surface area contributed by atoms with Crippen molar-refractivity contribution in [3.05, 3.63) is 89.5 Å². The van der Waals surface area contributed by atoms with Crippen LogP contribution < -0.4 is 33.3 Å². The molecule has 0 saturated carbocycles. The van der Waals surface area contributed by atoms with Crippen molar-refractivity contribution in [2.75, 3.05) is 13.1 Å². The van der Waals surface area contributed by atoms with Crippen molar-refractivity contribution in [2.45, 2.75) is 175 Å². The van der Waals surface area contributed by atoms with Crippen molar-refractivity contribution in [3.8, 4) is 0 Å². The van der Waals surface area contributed by atoms with Crippen LogP contribution in [0.25, 0.3) is 0 Å². The number of rotatable bonds is 15. The van der Waals surface area contributed by atoms with Crippen molar-refractivity contribution in [2.24, 2.45) is 22.6 Å². The van der Waals surface area contributed by atoms with Gasteiger partial charge in [-0.3, -0.25) is 43.3 Å². The third kappa shape index (κ3) is 14.2. The molecule has 0 radical (unpaired) electrons. The summed E-state index contributed by atoms with van der Waals surface area (Å²) in [7, 11) is 0. The van der Waals surface area contributed by atoms with Crippen LogP contribution in [0.1, 0.15) is 71.8 Å². The van der Waals surface area contributed by atoms with Gasteiger partial charge < -0.3 is 95.1 Å². The number of aliphatic hydroxyl groups excluding tert-OH is 8. The van der Waals surface area contributed by atoms with Crippen molar-refractivity contribution in [1.29, 1.82) is 0 Å². The minimum Gasteiger partial charge on any atom is -0.595 e. The second-order valence-corrected chi connectivity index (χ2v) is 21.0. The third-order valence-corrected chi connectivity index (χ3v) is 14.3. The first-order valence-corrected chi connectivity index (χ1v) is 25.6. The number of nitrogens with two attached hydrogens (primary N) is 1. The van der Waals surface area contributed by atoms with E-state index in [0.29, 0.717) is 0 Å². The zero-order chi connectivity index (χ0) is 59.5. The normalized spacial score (nSPS) is 35.5. The Balaban J connectivity index is 0.000000237. The van der Waals surface area contributed by atoms with E-state index < -0.39 is 199 Å². The van der Waals surface area contributed by atoms with E-state index in [0.717, 1.165) is 33.7 Å². The summed E-state index contributed by atoms with van der Waals surface area (Å²) >= 11 is 0. The number of hydrogen-bond donors (Lipinski definition) is 13. The number of aliphatic imine (C=N–C) groups is 1. The van der Waals surface area contributed by atoms with E-state index in [2.05, 4.69) is 4.99 Å². The van der Waals surface area contributed by atoms with E-state index >= 15 is 0 Å². The van der Waals surface area contributed by atoms with Crippen LogP contribution in [0.4, 0.5) is 0 Å². The van der Waals surface area contributed by atoms with E-state index in [-0.39, 0.29) is 43.4 Å². The number of carbonyl (C=O) groups excluding carboxylic acids is 2. The predicted octanol–water partition coefficient (Wildman–Crippen LogP) is -6.77. The number of H-pyrrole nitrogens is 2. The Morgan fingerprint density at radius 1 is 0.654 bits per heavy atom. The van der Waals surface area contributed by atoms with Gasteiger partial charge >= 0.3 is 23.3 Å². The first-order valence-electron chi connectivity index (χ1n) is 25.6. The lowest BCUT2D eigenvalue weighted by molar-refractivity contribution is -0.261. The molecule has 8 rings (SSSR count). The summed E-state index contributed by atoms with van der Waals surface area (Å²) in [6.07, 6.45) is -24.3. The molecule has 6 aliphatic rings. The largest absolute Gasteiger partial charge is 0.595 e. The van der Waals surface area contributed by atoms with Gasteiger partial charge in [-0.1, -0.05) is 32.9 Å². The molecule has 16 unspecified atom stereocenters. The highest BCUT2D eigenvalue weighted by Gasteiger charge is 2.56. The number of aromatic amines is 2. The van der Waals surface area contributed by atoms with E-state index in [4.69, 9.17) is 38.9 Å². The van der Waals surface area contributed by atoms with Crippen LogP contribution in [0, 0.1) is 11.8 Å². The maximum absolute atomic E-state index is 13.3. The summed E-state index contributed by atoms with van der Waals surface area (Å²) in [5.74, 6) is -5.98. The van der Waals surface area contributed by atoms with Crippen LogP contribution in [-0.4, -0.2) is 216 Å². The van der Waals surface area contributed by atoms with Crippen molar-refractivity contribution >= 4 is 29.6 Å². The highest BCUT2D eigenvalue weighted by atomic mass is 16.7. The van der Waals surface area contributed by atoms with Crippen molar-refractivity contribution < 1.29 is 109 Å². The number of Topliss-reactive ketones (excluding diaryl/α,β-unsaturated/α-hetero) is 2. The maximum atomic E-state index is 13.3. The summed E-state index contributed by atoms with van der Waals surface area (Å²) in [6, 6.07) is 2.00. The number of carboxylic acids is 2. The summed E-state index contributed by atoms with van der Waals surface area (Å²) in [5.41, 5.74) is 1.15. The Bertz CT molecular complexity index is 2950. The molecule has 2 aromatic rings. The zero-order valence-electron chi connectivity index (χ0n) is 43.6. The number of nitrogens with zero attached hydrogens (tertiary/aromatic N) is 3. The lowest BCUT2D eigenvalue weighted by Crippen LogP contribution is -2.49. The van der Waals surface area contributed by atoms with Gasteiger partial charge in [0.25, 0.3) is 11.1 Å². The summed E-state index contributed by atoms with van der Waals surface area (Å²) < 4.78 is 41.4. The van der Waals surface area contributed by atoms with Crippen molar-refractivity contribution in [3.63, 3.8) is 0 Å². The standard InChI is InChI=1S/C27H37N3O14.C22H29N3O12/c1-27(2,3)44-26(40)28-10-14-16(33)19(36)24(41-14)43-20(12-6-4-5-11(23(37)38)9-13(12)31)21-17(34)18(35)22(42-21)30-8-7-15(32)29-25(30)39;23-7-11-13(28)16(31)21(35-11)37-17(9-3-1-2-8(20(32)33)6-10(9)26)18-14(29)15(30)19(36-18)25-5-4-12(27)24-22(25)34/h5,7-8,12,14,16-22,24,33-36H,4,6,9-10H2,1-3H3,(H,28,40)(H,37,38)(H,29,32,39);2,4-5,9,11,13-19,21,28-31H,1,3,6-7,23H2,(H,32,33)(H,24,27,34)/p-1/t12-,14?,16?,17?,18?,19?,20+,21?,22?,24?;9-,11?,13?,14?,15?,16?,17+,18?,19?,21?/m11/s1. The molecule has 2 aromatic heterocycles. The minimum atomic E-state index is -1.78. The second kappa shape index (κ2) is 25.9. The lowest BCUT2D eigenvalue weighted by Gasteiger charge is -2.34. The average molecular weight is 1150 g/mol. The third-order valence-electron chi connectivity index (χ3n) is 14.3. The van der Waals surface area contributed by atoms with Gasteiger partial charge in [-0.15, -0.1) is 0 Å². The average Bonchev–Trinajstić information content (AvgIpc) is 4.00. The van der Waals surface area contributed by atoms with Crippen LogP contribution in [-0.2, 0) is 52.3 Å². The van der Waals surface area contributed by atoms with Gasteiger partial charge in [0.05, 0.1) is 18.8 Å². The van der Waals surface area contributed by atoms with E-state index in [9.17, 15) is 94.5 Å². The van der Waals surface area contributed by atoms with Crippen LogP contribution in [0.15, 0.2) is 72.0 Å². The van der Waals surface area contributed by atoms with E-state index in [1.807, 2.05) is 9.97 Å². The number of nitrogens with one attached hydrogen (secondary N) is 2. The SMILES string of the molecule is CC(C)(C)OC([O-])=NCC1OC(O[C@H](C2OC(n3ccc(=O)[nH]c3=O)C(O)C2O)[C@@H]2CCC=C(C(=O)O)CC2=O)C(O)C1O.NCC1OC(O[C@H](C2OC(n3ccc(=O)[nH]c3=O)C(O)C2O)[C@@H]2CCC=C(C(=O)O)CC2=O)C(O)C1O. The molecule has 32 nitrogen and oxygen atoms in total. The van der Waals surface area contributed by atoms with Crippen molar-refractivity contribution in [1.82, 2.24) is 19.1 Å². The first kappa shape index (κ1) is 62.4. The Morgan fingerprint density at radius 3 is 1.43 bits per heavy atom. The van der Waals surface area contributed by atoms with Gasteiger partial charge in [-0.2, -0.15) is 0 Å². The molecule has 81 heavy (non-hydrogen) atoms. The summed E-state index contributed by atoms with van der Waals surface area (Å²) in [5, 5.41) is 116. The quantitative estimate of drug-likeness (QED) is 0.0582. The topological polar surface area (TPSA) is 506 Å². The number of ketones is 2. The van der Waals surface area contributed by atoms with Gasteiger partial charge in [0.2, 0.25) is 0 Å². The molecule has 32 heteroatoms. The second-order valence-electron chi connectivity index (χ2n) is 21.0. The molecule has 20 atom stereocenters. The van der Waals surface area contributed by atoms with Crippen LogP contribution >= 0.6 is 0 Å². The fourth-order valence-electron chi connectivity index (χ4n) is 10.2. The molecular formula is C49H65N6O26-. The predicted molar refractivity (Wildman–Crippen MR) is 264 cm³/mol. The highest BCUT2D eigenvalue weighted by Crippen LogP contribution is 2.40. The Morgan fingerprint density at radius 2 is 1.06 bits per heavy atom. The Hall–Kier alpha value is -6.21. The van der Waals surface area contributed by atoms with E-state index in [1.165, 1.54) is 12.2 Å². The van der Waals surface area contributed by atoms with Gasteiger partial charge in [0, 0.05) is 72.5 Å². The monoisotopic (exact) mass is 1150 g/mol. The molecule has 0 spiro atoms. The zero-order valence-corrected chi connectivity index (χ0v) is 43.6. The fraction of sp³-hybridized carbons (Fsp3) is 0.653. The van der Waals surface area contributed by atoms with Gasteiger partial charge in [0.15, 0.2) is 25.0 Å². The first-order chi connectivity index (χ1) is 38.1. The number of hydrogen-bond acceptors (Lipinski definition) is 26. The Labute approximate surface area is 456 Å². The number of carboxylic acid groups (broad SMARTS) is 2. The van der Waals surface area contributed by atoms with E-state index in [1.54, 1.807) is 20.8 Å². The van der Waals surface area contributed by atoms with Crippen LogP contribution in [0.5, 0.6) is 0 Å². The highest BCUT2D eigenvalue weighted by molar-refractivity contribution is 5.97. The molecule has 0 aromatic carbocycles. The molecular weight excluding hydrogens is 1090 g/mol. The maximum Gasteiger partial charge on any atom is 0.331 e. The number of carbonyl (C=O) groups is 4. The number of allylic oxidation sites excluding steroid dienone is 2. The summed E-state index contributed by atoms with van der Waals surface area (Å²) in [6.45, 7) is 4.31. The number of aromatic nitrogens is 4. The molecule has 448 valence electrons. The molecule has 14 N–H and O–H groups in total. The van der Waals surface area contributed by atoms with Crippen LogP contribution in [0.3, 0.4) is 0 Å².